The normalized spacial score (nSPS) is 27.4. The highest BCUT2D eigenvalue weighted by Gasteiger charge is 2.58. The van der Waals surface area contributed by atoms with E-state index in [1.165, 1.54) is 6.42 Å². The van der Waals surface area contributed by atoms with Crippen molar-refractivity contribution in [1.29, 1.82) is 0 Å². The van der Waals surface area contributed by atoms with Crippen molar-refractivity contribution in [1.82, 2.24) is 4.90 Å². The molecule has 17 heavy (non-hydrogen) atoms. The molecule has 96 valence electrons. The molecule has 2 rings (SSSR count). The van der Waals surface area contributed by atoms with E-state index in [2.05, 4.69) is 6.92 Å². The van der Waals surface area contributed by atoms with E-state index in [1.807, 2.05) is 0 Å². The molecule has 1 aliphatic heterocycles. The van der Waals surface area contributed by atoms with Gasteiger partial charge in [-0.05, 0) is 38.0 Å². The lowest BCUT2D eigenvalue weighted by molar-refractivity contribution is -0.153. The Morgan fingerprint density at radius 1 is 1.29 bits per heavy atom. The van der Waals surface area contributed by atoms with E-state index in [4.69, 9.17) is 5.11 Å². The lowest BCUT2D eigenvalue weighted by atomic mass is 9.98. The number of hydrogen-bond acceptors (Lipinski definition) is 2. The predicted molar refractivity (Wildman–Crippen MR) is 63.5 cm³/mol. The van der Waals surface area contributed by atoms with Crippen LogP contribution in [0.25, 0.3) is 0 Å². The first kappa shape index (κ1) is 12.4. The van der Waals surface area contributed by atoms with Crippen molar-refractivity contribution in [3.8, 4) is 0 Å². The Morgan fingerprint density at radius 3 is 2.53 bits per heavy atom. The molecule has 4 heteroatoms. The number of nitrogens with zero attached hydrogens (tertiary/aromatic N) is 1. The molecule has 1 N–H and O–H groups in total. The third-order valence-electron chi connectivity index (χ3n) is 4.28. The van der Waals surface area contributed by atoms with Gasteiger partial charge >= 0.3 is 5.97 Å². The summed E-state index contributed by atoms with van der Waals surface area (Å²) in [5.41, 5.74) is -1.05. The minimum absolute atomic E-state index is 0.137. The SMILES string of the molecule is CCC1CCCN(C(=O)C2(C(=O)O)CC2)CC1. The van der Waals surface area contributed by atoms with E-state index in [-0.39, 0.29) is 5.91 Å². The maximum Gasteiger partial charge on any atom is 0.319 e. The van der Waals surface area contributed by atoms with Gasteiger partial charge in [-0.3, -0.25) is 9.59 Å². The van der Waals surface area contributed by atoms with E-state index < -0.39 is 11.4 Å². The van der Waals surface area contributed by atoms with Crippen LogP contribution in [0.15, 0.2) is 0 Å². The van der Waals surface area contributed by atoms with Gasteiger partial charge in [0.1, 0.15) is 5.41 Å². The van der Waals surface area contributed by atoms with Crippen LogP contribution in [-0.4, -0.2) is 35.0 Å². The number of aliphatic carboxylic acids is 1. The summed E-state index contributed by atoms with van der Waals surface area (Å²) >= 11 is 0. The smallest absolute Gasteiger partial charge is 0.319 e. The van der Waals surface area contributed by atoms with Gasteiger partial charge in [-0.15, -0.1) is 0 Å². The van der Waals surface area contributed by atoms with Gasteiger partial charge in [0.05, 0.1) is 0 Å². The van der Waals surface area contributed by atoms with E-state index in [1.54, 1.807) is 4.90 Å². The molecule has 1 heterocycles. The van der Waals surface area contributed by atoms with Crippen molar-refractivity contribution in [2.75, 3.05) is 13.1 Å². The highest BCUT2D eigenvalue weighted by molar-refractivity contribution is 6.04. The van der Waals surface area contributed by atoms with E-state index >= 15 is 0 Å². The van der Waals surface area contributed by atoms with Gasteiger partial charge in [0, 0.05) is 13.1 Å². The molecule has 1 atom stereocenters. The molecule has 2 fully saturated rings. The number of hydrogen-bond donors (Lipinski definition) is 1. The van der Waals surface area contributed by atoms with Crippen LogP contribution in [-0.2, 0) is 9.59 Å². The summed E-state index contributed by atoms with van der Waals surface area (Å²) < 4.78 is 0. The molecule has 0 bridgehead atoms. The fourth-order valence-electron chi connectivity index (χ4n) is 2.72. The zero-order valence-electron chi connectivity index (χ0n) is 10.4. The number of likely N-dealkylation sites (tertiary alicyclic amines) is 1. The van der Waals surface area contributed by atoms with E-state index in [0.717, 1.165) is 32.4 Å². The van der Waals surface area contributed by atoms with Crippen molar-refractivity contribution in [3.05, 3.63) is 0 Å². The van der Waals surface area contributed by atoms with Crippen molar-refractivity contribution in [3.63, 3.8) is 0 Å². The van der Waals surface area contributed by atoms with Gasteiger partial charge in [-0.25, -0.2) is 0 Å². The van der Waals surface area contributed by atoms with E-state index in [9.17, 15) is 9.59 Å². The fourth-order valence-corrected chi connectivity index (χ4v) is 2.72. The molecule has 0 radical (unpaired) electrons. The minimum atomic E-state index is -1.05. The average Bonchev–Trinajstić information content (AvgIpc) is 3.12. The first-order valence-electron chi connectivity index (χ1n) is 6.63. The van der Waals surface area contributed by atoms with Gasteiger partial charge < -0.3 is 10.0 Å². The first-order chi connectivity index (χ1) is 8.10. The van der Waals surface area contributed by atoms with Gasteiger partial charge in [0.15, 0.2) is 0 Å². The summed E-state index contributed by atoms with van der Waals surface area (Å²) in [7, 11) is 0. The summed E-state index contributed by atoms with van der Waals surface area (Å²) in [5, 5.41) is 9.13. The van der Waals surface area contributed by atoms with Gasteiger partial charge in [-0.2, -0.15) is 0 Å². The summed E-state index contributed by atoms with van der Waals surface area (Å²) in [4.78, 5) is 25.1. The maximum absolute atomic E-state index is 12.2. The van der Waals surface area contributed by atoms with Crippen molar-refractivity contribution in [2.45, 2.75) is 45.4 Å². The molecule has 1 unspecified atom stereocenters. The van der Waals surface area contributed by atoms with Crippen LogP contribution in [0, 0.1) is 11.3 Å². The highest BCUT2D eigenvalue weighted by atomic mass is 16.4. The Kier molecular flexibility index (Phi) is 3.40. The third kappa shape index (κ3) is 2.31. The van der Waals surface area contributed by atoms with Crippen LogP contribution in [0.4, 0.5) is 0 Å². The third-order valence-corrected chi connectivity index (χ3v) is 4.28. The van der Waals surface area contributed by atoms with Crippen LogP contribution < -0.4 is 0 Å². The summed E-state index contributed by atoms with van der Waals surface area (Å²) in [5.74, 6) is -0.367. The number of rotatable bonds is 3. The largest absolute Gasteiger partial charge is 0.480 e. The Bertz CT molecular complexity index is 323. The molecule has 0 spiro atoms. The Labute approximate surface area is 102 Å². The highest BCUT2D eigenvalue weighted by Crippen LogP contribution is 2.47. The standard InChI is InChI=1S/C13H21NO3/c1-2-10-4-3-8-14(9-5-10)11(15)13(6-7-13)12(16)17/h10H,2-9H2,1H3,(H,16,17). The first-order valence-corrected chi connectivity index (χ1v) is 6.63. The zero-order chi connectivity index (χ0) is 12.5. The quantitative estimate of drug-likeness (QED) is 0.765. The number of carboxylic acid groups (broad SMARTS) is 1. The Morgan fingerprint density at radius 2 is 2.00 bits per heavy atom. The molecule has 2 aliphatic rings. The number of carbonyl (C=O) groups excluding carboxylic acids is 1. The molecule has 0 aromatic heterocycles. The van der Waals surface area contributed by atoms with Gasteiger partial charge in [0.2, 0.25) is 5.91 Å². The molecule has 4 nitrogen and oxygen atoms in total. The second-order valence-corrected chi connectivity index (χ2v) is 5.38. The molecule has 1 aliphatic carbocycles. The molecule has 0 aromatic carbocycles. The van der Waals surface area contributed by atoms with Crippen LogP contribution >= 0.6 is 0 Å². The summed E-state index contributed by atoms with van der Waals surface area (Å²) in [6.07, 6.45) is 5.41. The van der Waals surface area contributed by atoms with Crippen molar-refractivity contribution in [2.24, 2.45) is 11.3 Å². The zero-order valence-corrected chi connectivity index (χ0v) is 10.4. The summed E-state index contributed by atoms with van der Waals surface area (Å²) in [6.45, 7) is 3.67. The molecular formula is C13H21NO3. The van der Waals surface area contributed by atoms with Crippen LogP contribution in [0.3, 0.4) is 0 Å². The van der Waals surface area contributed by atoms with Gasteiger partial charge in [-0.1, -0.05) is 13.3 Å². The molecule has 0 aromatic rings. The minimum Gasteiger partial charge on any atom is -0.480 e. The second kappa shape index (κ2) is 4.67. The molecule has 1 amide bonds. The maximum atomic E-state index is 12.2. The topological polar surface area (TPSA) is 57.6 Å². The Hall–Kier alpha value is -1.06. The van der Waals surface area contributed by atoms with E-state index in [0.29, 0.717) is 18.8 Å². The average molecular weight is 239 g/mol. The second-order valence-electron chi connectivity index (χ2n) is 5.38. The lowest BCUT2D eigenvalue weighted by Crippen LogP contribution is -2.41. The van der Waals surface area contributed by atoms with Crippen molar-refractivity contribution >= 4 is 11.9 Å². The van der Waals surface area contributed by atoms with Crippen LogP contribution in [0.1, 0.15) is 45.4 Å². The predicted octanol–water partition coefficient (Wildman–Crippen LogP) is 1.89. The lowest BCUT2D eigenvalue weighted by Gasteiger charge is -2.24. The number of amides is 1. The molecular weight excluding hydrogens is 218 g/mol. The van der Waals surface area contributed by atoms with Crippen LogP contribution in [0.2, 0.25) is 0 Å². The van der Waals surface area contributed by atoms with Crippen molar-refractivity contribution < 1.29 is 14.7 Å². The molecule has 1 saturated carbocycles. The van der Waals surface area contributed by atoms with Crippen LogP contribution in [0.5, 0.6) is 0 Å². The fraction of sp³-hybridized carbons (Fsp3) is 0.846. The summed E-state index contributed by atoms with van der Waals surface area (Å²) in [6, 6.07) is 0. The Balaban J connectivity index is 1.99. The molecule has 1 saturated heterocycles. The van der Waals surface area contributed by atoms with Gasteiger partial charge in [0.25, 0.3) is 0 Å². The number of carbonyl (C=O) groups is 2. The number of carboxylic acids is 1. The monoisotopic (exact) mass is 239 g/mol.